The maximum atomic E-state index is 12.8. The van der Waals surface area contributed by atoms with Gasteiger partial charge in [0.15, 0.2) is 12.6 Å². The fourth-order valence-corrected chi connectivity index (χ4v) is 4.15. The monoisotopic (exact) mass is 639 g/mol. The summed E-state index contributed by atoms with van der Waals surface area (Å²) in [5, 5.41) is 16.0. The molecule has 0 aromatic carbocycles. The SMILES string of the molecule is CC(C)C.CC(C)C(=O)CCC(NC(=O)CCCC(=O)[O-])C(=O)NCCCC1OCC2(COC(CCCN)OC2)CO1.[K+]. The molecule has 12 nitrogen and oxygen atoms in total. The summed E-state index contributed by atoms with van der Waals surface area (Å²) in [6.45, 7) is 12.9. The average Bonchev–Trinajstić information content (AvgIpc) is 2.93. The Labute approximate surface area is 300 Å². The van der Waals surface area contributed by atoms with E-state index in [2.05, 4.69) is 31.4 Å². The van der Waals surface area contributed by atoms with Gasteiger partial charge in [0.1, 0.15) is 11.8 Å². The molecule has 2 aliphatic rings. The number of amides is 2. The van der Waals surface area contributed by atoms with Gasteiger partial charge in [-0.05, 0) is 51.0 Å². The predicted octanol–water partition coefficient (Wildman–Crippen LogP) is -1.57. The molecule has 1 unspecified atom stereocenters. The van der Waals surface area contributed by atoms with E-state index in [9.17, 15) is 24.3 Å². The topological polar surface area (TPSA) is 178 Å². The van der Waals surface area contributed by atoms with Gasteiger partial charge >= 0.3 is 51.4 Å². The molecule has 1 atom stereocenters. The third-order valence-electron chi connectivity index (χ3n) is 6.62. The van der Waals surface area contributed by atoms with Crippen LogP contribution in [0.3, 0.4) is 0 Å². The predicted molar refractivity (Wildman–Crippen MR) is 155 cm³/mol. The van der Waals surface area contributed by atoms with Gasteiger partial charge in [0.2, 0.25) is 11.8 Å². The number of aliphatic carboxylic acids is 1. The molecule has 2 aliphatic heterocycles. The van der Waals surface area contributed by atoms with Gasteiger partial charge in [0.05, 0.1) is 31.8 Å². The summed E-state index contributed by atoms with van der Waals surface area (Å²) in [5.74, 6) is -1.40. The molecule has 0 aromatic heterocycles. The summed E-state index contributed by atoms with van der Waals surface area (Å²) in [6.07, 6.45) is 2.31. The van der Waals surface area contributed by atoms with Crippen molar-refractivity contribution < 1.29 is 94.6 Å². The van der Waals surface area contributed by atoms with Crippen LogP contribution in [0.2, 0.25) is 0 Å². The van der Waals surface area contributed by atoms with Gasteiger partial charge in [0.25, 0.3) is 0 Å². The molecule has 0 radical (unpaired) electrons. The summed E-state index contributed by atoms with van der Waals surface area (Å²) in [7, 11) is 0. The van der Waals surface area contributed by atoms with Crippen molar-refractivity contribution in [2.45, 2.75) is 111 Å². The van der Waals surface area contributed by atoms with Crippen LogP contribution in [0.4, 0.5) is 0 Å². The Kier molecular flexibility index (Phi) is 23.5. The zero-order valence-electron chi connectivity index (χ0n) is 27.2. The van der Waals surface area contributed by atoms with Crippen molar-refractivity contribution in [3.8, 4) is 0 Å². The van der Waals surface area contributed by atoms with E-state index >= 15 is 0 Å². The molecule has 0 aliphatic carbocycles. The van der Waals surface area contributed by atoms with Gasteiger partial charge in [-0.15, -0.1) is 0 Å². The first kappa shape index (κ1) is 42.5. The van der Waals surface area contributed by atoms with Gasteiger partial charge < -0.3 is 45.2 Å². The molecular weight excluding hydrogens is 585 g/mol. The number of carbonyl (C=O) groups is 4. The van der Waals surface area contributed by atoms with Crippen LogP contribution in [0.15, 0.2) is 0 Å². The zero-order chi connectivity index (χ0) is 31.5. The molecular formula is C30H54KN3O9. The third-order valence-corrected chi connectivity index (χ3v) is 6.62. The first-order valence-electron chi connectivity index (χ1n) is 15.3. The number of ketones is 1. The number of hydrogen-bond acceptors (Lipinski definition) is 10. The van der Waals surface area contributed by atoms with Crippen LogP contribution in [0.5, 0.6) is 0 Å². The summed E-state index contributed by atoms with van der Waals surface area (Å²) < 4.78 is 23.4. The second-order valence-corrected chi connectivity index (χ2v) is 12.2. The third kappa shape index (κ3) is 19.6. The van der Waals surface area contributed by atoms with E-state index in [-0.39, 0.29) is 113 Å². The molecule has 2 amide bonds. The van der Waals surface area contributed by atoms with Crippen molar-refractivity contribution >= 4 is 23.6 Å². The Bertz CT molecular complexity index is 808. The van der Waals surface area contributed by atoms with Gasteiger partial charge in [-0.25, -0.2) is 0 Å². The Morgan fingerprint density at radius 3 is 1.81 bits per heavy atom. The van der Waals surface area contributed by atoms with E-state index in [1.54, 1.807) is 13.8 Å². The zero-order valence-corrected chi connectivity index (χ0v) is 30.4. The van der Waals surface area contributed by atoms with Gasteiger partial charge in [-0.3, -0.25) is 14.4 Å². The van der Waals surface area contributed by atoms with Gasteiger partial charge in [-0.1, -0.05) is 34.6 Å². The summed E-state index contributed by atoms with van der Waals surface area (Å²) >= 11 is 0. The molecule has 1 spiro atoms. The van der Waals surface area contributed by atoms with Crippen LogP contribution in [-0.2, 0) is 38.1 Å². The molecule has 2 heterocycles. The van der Waals surface area contributed by atoms with Crippen molar-refractivity contribution in [2.24, 2.45) is 23.0 Å². The minimum atomic E-state index is -1.23. The van der Waals surface area contributed by atoms with Crippen LogP contribution < -0.4 is 72.9 Å². The van der Waals surface area contributed by atoms with E-state index in [4.69, 9.17) is 24.7 Å². The second-order valence-electron chi connectivity index (χ2n) is 12.2. The molecule has 4 N–H and O–H groups in total. The normalized spacial score (nSPS) is 22.2. The fraction of sp³-hybridized carbons (Fsp3) is 0.867. The van der Waals surface area contributed by atoms with Crippen molar-refractivity contribution in [1.29, 1.82) is 0 Å². The van der Waals surface area contributed by atoms with E-state index < -0.39 is 24.2 Å². The van der Waals surface area contributed by atoms with Crippen molar-refractivity contribution in [1.82, 2.24) is 10.6 Å². The number of ether oxygens (including phenoxy) is 4. The molecule has 0 bridgehead atoms. The number of carboxylic acid groups (broad SMARTS) is 1. The van der Waals surface area contributed by atoms with E-state index in [0.29, 0.717) is 52.4 Å². The van der Waals surface area contributed by atoms with Crippen molar-refractivity contribution in [3.05, 3.63) is 0 Å². The molecule has 2 saturated heterocycles. The molecule has 244 valence electrons. The standard InChI is InChI=1S/C26H45N3O9.C4H10.K/c1-18(2)20(30)11-10-19(29-21(31)6-3-7-22(32)33)25(34)28-13-5-9-24-37-16-26(17-38-24)14-35-23(36-15-26)8-4-12-27;1-4(2)3;/h18-19,23-24H,3-17,27H2,1-2H3,(H,28,34)(H,29,31)(H,32,33);4H,1-3H3;/q;;+1/p-1. The first-order chi connectivity index (χ1) is 19.9. The summed E-state index contributed by atoms with van der Waals surface area (Å²) in [4.78, 5) is 47.6. The second kappa shape index (κ2) is 23.8. The van der Waals surface area contributed by atoms with Crippen molar-refractivity contribution in [2.75, 3.05) is 39.5 Å². The number of carbonyl (C=O) groups excluding carboxylic acids is 4. The van der Waals surface area contributed by atoms with Crippen LogP contribution in [0, 0.1) is 17.3 Å². The number of carboxylic acids is 1. The van der Waals surface area contributed by atoms with E-state index in [0.717, 1.165) is 18.8 Å². The summed E-state index contributed by atoms with van der Waals surface area (Å²) in [5.41, 5.74) is 5.22. The summed E-state index contributed by atoms with van der Waals surface area (Å²) in [6, 6.07) is -0.879. The van der Waals surface area contributed by atoms with Crippen LogP contribution in [-0.4, -0.2) is 81.7 Å². The van der Waals surface area contributed by atoms with E-state index in [1.165, 1.54) is 0 Å². The number of nitrogens with two attached hydrogens (primary N) is 1. The van der Waals surface area contributed by atoms with Crippen LogP contribution in [0.25, 0.3) is 0 Å². The van der Waals surface area contributed by atoms with Crippen molar-refractivity contribution in [3.63, 3.8) is 0 Å². The number of rotatable bonds is 17. The average molecular weight is 640 g/mol. The van der Waals surface area contributed by atoms with Gasteiger partial charge in [-0.2, -0.15) is 0 Å². The Morgan fingerprint density at radius 1 is 0.837 bits per heavy atom. The van der Waals surface area contributed by atoms with Gasteiger partial charge in [0, 0.05) is 37.7 Å². The minimum absolute atomic E-state index is 0. The minimum Gasteiger partial charge on any atom is -0.550 e. The van der Waals surface area contributed by atoms with Crippen LogP contribution >= 0.6 is 0 Å². The largest absolute Gasteiger partial charge is 1.00 e. The molecule has 43 heavy (non-hydrogen) atoms. The number of Topliss-reactive ketones (excluding diaryl/α,β-unsaturated/α-hetero) is 1. The first-order valence-corrected chi connectivity index (χ1v) is 15.3. The smallest absolute Gasteiger partial charge is 0.550 e. The number of nitrogens with one attached hydrogen (secondary N) is 2. The molecule has 2 fully saturated rings. The Hall–Kier alpha value is -0.484. The van der Waals surface area contributed by atoms with Crippen LogP contribution in [0.1, 0.15) is 92.4 Å². The molecule has 13 heteroatoms. The Balaban J connectivity index is 0.00000331. The number of hydrogen-bond donors (Lipinski definition) is 3. The Morgan fingerprint density at radius 2 is 1.35 bits per heavy atom. The molecule has 0 saturated carbocycles. The fourth-order valence-electron chi connectivity index (χ4n) is 4.15. The van der Waals surface area contributed by atoms with E-state index in [1.807, 2.05) is 0 Å². The quantitative estimate of drug-likeness (QED) is 0.124. The molecule has 0 aromatic rings. The molecule has 2 rings (SSSR count). The maximum Gasteiger partial charge on any atom is 1.00 e. The maximum absolute atomic E-state index is 12.8.